The second-order valence-corrected chi connectivity index (χ2v) is 17.1. The van der Waals surface area contributed by atoms with E-state index in [1.54, 1.807) is 18.2 Å². The summed E-state index contributed by atoms with van der Waals surface area (Å²) in [6, 6.07) is 18.5. The van der Waals surface area contributed by atoms with Gasteiger partial charge in [-0.15, -0.1) is 0 Å². The number of imide groups is 2. The van der Waals surface area contributed by atoms with Crippen LogP contribution in [0.25, 0.3) is 4.85 Å². The summed E-state index contributed by atoms with van der Waals surface area (Å²) >= 11 is 6.33. The van der Waals surface area contributed by atoms with Gasteiger partial charge in [-0.2, -0.15) is 0 Å². The number of piperidine rings is 3. The lowest BCUT2D eigenvalue weighted by Crippen LogP contribution is -2.54. The Morgan fingerprint density at radius 1 is 0.759 bits per heavy atom. The van der Waals surface area contributed by atoms with Crippen molar-refractivity contribution < 1.29 is 24.0 Å². The summed E-state index contributed by atoms with van der Waals surface area (Å²) in [5.41, 5.74) is 4.86. The zero-order valence-corrected chi connectivity index (χ0v) is 33.3. The van der Waals surface area contributed by atoms with Crippen molar-refractivity contribution >= 4 is 63.9 Å². The quantitative estimate of drug-likeness (QED) is 0.265. The van der Waals surface area contributed by atoms with Crippen molar-refractivity contribution in [2.75, 3.05) is 80.1 Å². The SMILES string of the molecule is [C-]#[N+]c1ccc(N2CCC3(CCN(C(=O)c4cccc(N5CCN(C6CCN(c7cccc8c7C(=O)N(C7CCC(=O)NC7=O)C8=O)CC6)CC5)c4)C3)CC2)cc1Cl. The maximum absolute atomic E-state index is 13.9. The van der Waals surface area contributed by atoms with Crippen molar-refractivity contribution in [2.45, 2.75) is 57.0 Å². The number of rotatable bonds is 6. The van der Waals surface area contributed by atoms with Gasteiger partial charge in [0.05, 0.1) is 23.4 Å². The molecule has 5 amide bonds. The van der Waals surface area contributed by atoms with Gasteiger partial charge in [-0.05, 0) is 86.4 Å². The summed E-state index contributed by atoms with van der Waals surface area (Å²) in [4.78, 5) is 81.3. The molecular weight excluding hydrogens is 756 g/mol. The molecule has 0 aliphatic carbocycles. The van der Waals surface area contributed by atoms with Crippen molar-refractivity contribution in [3.63, 3.8) is 0 Å². The smallest absolute Gasteiger partial charge is 0.264 e. The van der Waals surface area contributed by atoms with Crippen LogP contribution >= 0.6 is 11.6 Å². The molecule has 0 aromatic heterocycles. The molecule has 0 radical (unpaired) electrons. The lowest BCUT2D eigenvalue weighted by molar-refractivity contribution is -0.136. The number of amides is 5. The van der Waals surface area contributed by atoms with Gasteiger partial charge in [-0.25, -0.2) is 4.85 Å². The minimum absolute atomic E-state index is 0.0891. The number of carbonyl (C=O) groups is 5. The number of fused-ring (bicyclic) bond motifs is 1. The first kappa shape index (κ1) is 38.1. The van der Waals surface area contributed by atoms with Crippen molar-refractivity contribution in [3.8, 4) is 0 Å². The van der Waals surface area contributed by atoms with Gasteiger partial charge in [0.2, 0.25) is 17.5 Å². The first-order valence-electron chi connectivity index (χ1n) is 20.5. The summed E-state index contributed by atoms with van der Waals surface area (Å²) in [6.45, 7) is 15.7. The average molecular weight is 803 g/mol. The number of likely N-dealkylation sites (tertiary alicyclic amines) is 1. The normalized spacial score (nSPS) is 22.8. The number of hydrogen-bond acceptors (Lipinski definition) is 9. The van der Waals surface area contributed by atoms with Crippen LogP contribution in [-0.4, -0.2) is 122 Å². The summed E-state index contributed by atoms with van der Waals surface area (Å²) in [5, 5.41) is 2.76. The fourth-order valence-corrected chi connectivity index (χ4v) is 10.4. The van der Waals surface area contributed by atoms with Crippen LogP contribution in [0.1, 0.15) is 76.0 Å². The Kier molecular flexibility index (Phi) is 10.1. The minimum atomic E-state index is -0.984. The third-order valence-corrected chi connectivity index (χ3v) is 13.8. The van der Waals surface area contributed by atoms with E-state index in [-0.39, 0.29) is 24.2 Å². The molecule has 14 heteroatoms. The van der Waals surface area contributed by atoms with Crippen LogP contribution in [0, 0.1) is 12.0 Å². The molecule has 1 atom stereocenters. The largest absolute Gasteiger partial charge is 0.372 e. The first-order valence-corrected chi connectivity index (χ1v) is 20.9. The van der Waals surface area contributed by atoms with E-state index in [0.29, 0.717) is 27.9 Å². The van der Waals surface area contributed by atoms with Crippen molar-refractivity contribution in [1.82, 2.24) is 20.0 Å². The molecule has 6 aliphatic rings. The lowest BCUT2D eigenvalue weighted by atomic mass is 9.77. The Morgan fingerprint density at radius 2 is 1.47 bits per heavy atom. The van der Waals surface area contributed by atoms with Crippen LogP contribution in [0.2, 0.25) is 5.02 Å². The van der Waals surface area contributed by atoms with Crippen molar-refractivity contribution in [2.24, 2.45) is 5.41 Å². The van der Waals surface area contributed by atoms with Crippen molar-refractivity contribution in [3.05, 3.63) is 93.8 Å². The van der Waals surface area contributed by atoms with E-state index < -0.39 is 29.7 Å². The first-order chi connectivity index (χ1) is 28.1. The van der Waals surface area contributed by atoms with E-state index in [4.69, 9.17) is 18.2 Å². The highest BCUT2D eigenvalue weighted by Gasteiger charge is 2.47. The Labute approximate surface area is 343 Å². The predicted molar refractivity (Wildman–Crippen MR) is 221 cm³/mol. The molecule has 6 aliphatic heterocycles. The highest BCUT2D eigenvalue weighted by Crippen LogP contribution is 2.43. The molecule has 300 valence electrons. The monoisotopic (exact) mass is 802 g/mol. The van der Waals surface area contributed by atoms with Gasteiger partial charge in [0.1, 0.15) is 6.04 Å². The highest BCUT2D eigenvalue weighted by atomic mass is 35.5. The number of halogens is 1. The Bertz CT molecular complexity index is 2220. The van der Waals surface area contributed by atoms with E-state index in [2.05, 4.69) is 41.9 Å². The lowest BCUT2D eigenvalue weighted by Gasteiger charge is -2.44. The number of anilines is 3. The second kappa shape index (κ2) is 15.4. The minimum Gasteiger partial charge on any atom is -0.372 e. The molecular formula is C44H47ClN8O5. The van der Waals surface area contributed by atoms with Crippen molar-refractivity contribution in [1.29, 1.82) is 0 Å². The molecule has 3 aromatic carbocycles. The average Bonchev–Trinajstić information content (AvgIpc) is 3.78. The van der Waals surface area contributed by atoms with Crippen LogP contribution in [0.15, 0.2) is 60.7 Å². The molecule has 58 heavy (non-hydrogen) atoms. The van der Waals surface area contributed by atoms with E-state index >= 15 is 0 Å². The molecule has 6 heterocycles. The van der Waals surface area contributed by atoms with Gasteiger partial charge >= 0.3 is 0 Å². The van der Waals surface area contributed by atoms with Crippen LogP contribution in [-0.2, 0) is 9.59 Å². The maximum Gasteiger partial charge on any atom is 0.264 e. The summed E-state index contributed by atoms with van der Waals surface area (Å²) in [5.74, 6) is -1.84. The van der Waals surface area contributed by atoms with Gasteiger partial charge in [0.25, 0.3) is 17.7 Å². The molecule has 0 saturated carbocycles. The fourth-order valence-electron chi connectivity index (χ4n) is 10.1. The second-order valence-electron chi connectivity index (χ2n) is 16.6. The van der Waals surface area contributed by atoms with E-state index in [9.17, 15) is 24.0 Å². The molecule has 1 unspecified atom stereocenters. The van der Waals surface area contributed by atoms with E-state index in [0.717, 1.165) is 125 Å². The zero-order valence-electron chi connectivity index (χ0n) is 32.5. The van der Waals surface area contributed by atoms with Crippen LogP contribution < -0.4 is 20.0 Å². The number of nitrogens with zero attached hydrogens (tertiary/aromatic N) is 7. The van der Waals surface area contributed by atoms with Gasteiger partial charge in [0, 0.05) is 99.9 Å². The highest BCUT2D eigenvalue weighted by molar-refractivity contribution is 6.33. The van der Waals surface area contributed by atoms with Crippen LogP contribution in [0.5, 0.6) is 0 Å². The molecule has 1 spiro atoms. The standard InChI is InChI=1S/C44H47ClN8O5/c1-46-35-9-8-32(27-34(35)45)48-19-14-44(15-20-48)16-21-52(28-44)41(56)29-4-2-5-31(26-29)50-24-22-49(23-25-50)30-12-17-51(18-13-30)36-7-3-6-33-39(36)43(58)53(42(33)57)37-10-11-38(54)47-40(37)55/h2-9,26-27,30,37H,10-25,28H2,(H,47,54,55). The Hall–Kier alpha value is -5.45. The topological polar surface area (TPSA) is 121 Å². The van der Waals surface area contributed by atoms with Gasteiger partial charge < -0.3 is 19.6 Å². The Balaban J connectivity index is 0.768. The molecule has 1 N–H and O–H groups in total. The number of benzene rings is 3. The summed E-state index contributed by atoms with van der Waals surface area (Å²) in [6.07, 6.45) is 5.11. The molecule has 5 saturated heterocycles. The zero-order chi connectivity index (χ0) is 40.1. The number of hydrogen-bond donors (Lipinski definition) is 1. The third-order valence-electron chi connectivity index (χ3n) is 13.5. The molecule has 0 bridgehead atoms. The number of piperazine rings is 1. The Morgan fingerprint density at radius 3 is 2.19 bits per heavy atom. The third kappa shape index (κ3) is 6.96. The molecule has 3 aromatic rings. The predicted octanol–water partition coefficient (Wildman–Crippen LogP) is 5.22. The number of nitrogens with one attached hydrogen (secondary N) is 1. The fraction of sp³-hybridized carbons (Fsp3) is 0.455. The molecule has 13 nitrogen and oxygen atoms in total. The van der Waals surface area contributed by atoms with Gasteiger partial charge in [0.15, 0.2) is 0 Å². The number of carbonyl (C=O) groups excluding carboxylic acids is 5. The van der Waals surface area contributed by atoms with Crippen LogP contribution in [0.3, 0.4) is 0 Å². The summed E-state index contributed by atoms with van der Waals surface area (Å²) < 4.78 is 0. The maximum atomic E-state index is 13.9. The molecule has 5 fully saturated rings. The van der Waals surface area contributed by atoms with Gasteiger partial charge in [-0.3, -0.25) is 39.1 Å². The van der Waals surface area contributed by atoms with E-state index in [1.165, 1.54) is 0 Å². The summed E-state index contributed by atoms with van der Waals surface area (Å²) in [7, 11) is 0. The molecule has 9 rings (SSSR count). The van der Waals surface area contributed by atoms with Crippen LogP contribution in [0.4, 0.5) is 22.7 Å². The van der Waals surface area contributed by atoms with E-state index in [1.807, 2.05) is 35.2 Å². The van der Waals surface area contributed by atoms with Gasteiger partial charge in [-0.1, -0.05) is 29.8 Å².